The van der Waals surface area contributed by atoms with Crippen molar-refractivity contribution in [1.82, 2.24) is 4.98 Å². The predicted molar refractivity (Wildman–Crippen MR) is 128 cm³/mol. The molecule has 156 valence electrons. The Morgan fingerprint density at radius 1 is 0.548 bits per heavy atom. The van der Waals surface area contributed by atoms with Crippen LogP contribution in [0, 0.1) is 0 Å². The molecular formula is C29H21FeN-6. The summed E-state index contributed by atoms with van der Waals surface area (Å²) in [6.07, 6.45) is 0. The quantitative estimate of drug-likeness (QED) is 0.198. The van der Waals surface area contributed by atoms with Crippen LogP contribution in [0.25, 0.3) is 44.1 Å². The summed E-state index contributed by atoms with van der Waals surface area (Å²) in [7, 11) is 0. The van der Waals surface area contributed by atoms with Crippen LogP contribution in [0.1, 0.15) is 0 Å². The molecule has 2 heteroatoms. The van der Waals surface area contributed by atoms with Crippen LogP contribution >= 0.6 is 0 Å². The van der Waals surface area contributed by atoms with Gasteiger partial charge in [0.05, 0.1) is 5.52 Å². The Balaban J connectivity index is 0.000000342. The molecule has 0 aliphatic heterocycles. The Morgan fingerprint density at radius 2 is 1.16 bits per heavy atom. The molecule has 0 atom stereocenters. The molecule has 0 bridgehead atoms. The average Bonchev–Trinajstić information content (AvgIpc) is 3.55. The molecule has 0 spiro atoms. The number of fused-ring (bicyclic) bond motifs is 2. The smallest absolute Gasteiger partial charge is 0.0688 e. The first-order valence-electron chi connectivity index (χ1n) is 10.2. The van der Waals surface area contributed by atoms with Crippen molar-refractivity contribution in [3.8, 4) is 22.4 Å². The first kappa shape index (κ1) is 20.8. The molecule has 0 aliphatic carbocycles. The molecule has 1 aromatic heterocycles. The van der Waals surface area contributed by atoms with E-state index in [-0.39, 0.29) is 17.1 Å². The molecule has 0 fully saturated rings. The van der Waals surface area contributed by atoms with E-state index in [0.717, 1.165) is 16.8 Å². The number of rotatable bonds is 2. The second kappa shape index (κ2) is 9.57. The summed E-state index contributed by atoms with van der Waals surface area (Å²) in [5, 5.41) is 3.73. The van der Waals surface area contributed by atoms with Gasteiger partial charge in [-0.25, -0.2) is 0 Å². The molecule has 6 aromatic rings. The summed E-state index contributed by atoms with van der Waals surface area (Å²) < 4.78 is 0. The monoisotopic (exact) mass is 439 g/mol. The van der Waals surface area contributed by atoms with E-state index in [1.54, 1.807) is 0 Å². The first-order chi connectivity index (χ1) is 14.9. The molecule has 0 amide bonds. The predicted octanol–water partition coefficient (Wildman–Crippen LogP) is 7.84. The molecule has 0 unspecified atom stereocenters. The minimum Gasteiger partial charge on any atom is -0.748 e. The maximum atomic E-state index is 4.88. The van der Waals surface area contributed by atoms with E-state index >= 15 is 0 Å². The van der Waals surface area contributed by atoms with Gasteiger partial charge in [-0.1, -0.05) is 66.2 Å². The van der Waals surface area contributed by atoms with Crippen LogP contribution in [-0.2, 0) is 17.1 Å². The summed E-state index contributed by atoms with van der Waals surface area (Å²) in [5.41, 5.74) is 5.71. The number of hydrogen-bond acceptors (Lipinski definition) is 1. The van der Waals surface area contributed by atoms with E-state index in [2.05, 4.69) is 84.9 Å². The van der Waals surface area contributed by atoms with Crippen molar-refractivity contribution >= 4 is 21.7 Å². The number of hydrogen-bond donors (Lipinski definition) is 0. The van der Waals surface area contributed by atoms with Crippen LogP contribution < -0.4 is 0 Å². The van der Waals surface area contributed by atoms with Gasteiger partial charge in [0.1, 0.15) is 0 Å². The van der Waals surface area contributed by atoms with Gasteiger partial charge in [0.15, 0.2) is 0 Å². The molecule has 0 radical (unpaired) electrons. The SMILES string of the molecule is [Fe].[cH-]1[cH-][cH-][cH-][cH-]1.c1ccc2c(-c3cccc4nc(-[c-]5cccc5)ccc34)cccc2c1. The minimum atomic E-state index is 0. The van der Waals surface area contributed by atoms with Crippen LogP contribution in [0.5, 0.6) is 0 Å². The van der Waals surface area contributed by atoms with E-state index in [1.165, 1.54) is 27.3 Å². The van der Waals surface area contributed by atoms with E-state index in [9.17, 15) is 0 Å². The van der Waals surface area contributed by atoms with Crippen LogP contribution in [-0.4, -0.2) is 4.98 Å². The maximum Gasteiger partial charge on any atom is 0.0688 e. The van der Waals surface area contributed by atoms with Crippen LogP contribution in [0.2, 0.25) is 0 Å². The average molecular weight is 439 g/mol. The number of benzene rings is 3. The zero-order valence-corrected chi connectivity index (χ0v) is 18.0. The number of pyridine rings is 1. The number of nitrogens with zero attached hydrogens (tertiary/aromatic N) is 1. The zero-order chi connectivity index (χ0) is 20.2. The van der Waals surface area contributed by atoms with Gasteiger partial charge in [-0.05, 0) is 39.0 Å². The fourth-order valence-corrected chi connectivity index (χ4v) is 3.88. The molecule has 0 aliphatic rings. The largest absolute Gasteiger partial charge is 0.748 e. The van der Waals surface area contributed by atoms with Crippen molar-refractivity contribution in [3.05, 3.63) is 127 Å². The van der Waals surface area contributed by atoms with Crippen molar-refractivity contribution in [2.45, 2.75) is 0 Å². The summed E-state index contributed by atoms with van der Waals surface area (Å²) >= 11 is 0. The van der Waals surface area contributed by atoms with Crippen molar-refractivity contribution < 1.29 is 17.1 Å². The van der Waals surface area contributed by atoms with E-state index in [4.69, 9.17) is 4.98 Å². The Bertz CT molecular complexity index is 1360. The second-order valence-corrected chi connectivity index (χ2v) is 7.23. The molecule has 1 nitrogen and oxygen atoms in total. The van der Waals surface area contributed by atoms with Crippen molar-refractivity contribution in [1.29, 1.82) is 0 Å². The summed E-state index contributed by atoms with van der Waals surface area (Å²) in [4.78, 5) is 4.88. The van der Waals surface area contributed by atoms with Crippen molar-refractivity contribution in [2.24, 2.45) is 0 Å². The fraction of sp³-hybridized carbons (Fsp3) is 0. The molecular weight excluding hydrogens is 418 g/mol. The molecule has 0 saturated carbocycles. The standard InChI is InChI=1S/C24H16N.C5H5.Fe/c1-2-9-18(8-1)23-16-15-22-21(13-6-14-24(22)25-23)20-12-5-10-17-7-3-4-11-19(17)20;1-2-4-5-3-1;/h1-16H;1-5H;/q-1;-5;. The molecule has 31 heavy (non-hydrogen) atoms. The third kappa shape index (κ3) is 4.36. The van der Waals surface area contributed by atoms with Gasteiger partial charge in [0, 0.05) is 17.1 Å². The van der Waals surface area contributed by atoms with Crippen molar-refractivity contribution in [3.63, 3.8) is 0 Å². The third-order valence-corrected chi connectivity index (χ3v) is 5.33. The van der Waals surface area contributed by atoms with Crippen LogP contribution in [0.4, 0.5) is 0 Å². The van der Waals surface area contributed by atoms with Gasteiger partial charge in [0.2, 0.25) is 0 Å². The van der Waals surface area contributed by atoms with Gasteiger partial charge < -0.3 is 30.3 Å². The van der Waals surface area contributed by atoms with Gasteiger partial charge in [-0.15, -0.1) is 18.2 Å². The molecule has 1 heterocycles. The van der Waals surface area contributed by atoms with Crippen molar-refractivity contribution in [2.75, 3.05) is 0 Å². The maximum absolute atomic E-state index is 4.88. The molecule has 0 saturated heterocycles. The van der Waals surface area contributed by atoms with E-state index in [0.29, 0.717) is 0 Å². The Hall–Kier alpha value is -3.45. The molecule has 0 N–H and O–H groups in total. The van der Waals surface area contributed by atoms with Crippen LogP contribution in [0.15, 0.2) is 127 Å². The zero-order valence-electron chi connectivity index (χ0n) is 16.9. The van der Waals surface area contributed by atoms with Gasteiger partial charge >= 0.3 is 0 Å². The second-order valence-electron chi connectivity index (χ2n) is 7.23. The minimum absolute atomic E-state index is 0. The Kier molecular flexibility index (Phi) is 6.43. The Labute approximate surface area is 193 Å². The van der Waals surface area contributed by atoms with Gasteiger partial charge in [-0.2, -0.15) is 12.1 Å². The van der Waals surface area contributed by atoms with Gasteiger partial charge in [0.25, 0.3) is 0 Å². The molecule has 6 rings (SSSR count). The number of aromatic nitrogens is 1. The Morgan fingerprint density at radius 3 is 1.90 bits per heavy atom. The summed E-state index contributed by atoms with van der Waals surface area (Å²) in [6, 6.07) is 44.0. The normalized spacial score (nSPS) is 10.3. The topological polar surface area (TPSA) is 12.9 Å². The van der Waals surface area contributed by atoms with Crippen LogP contribution in [0.3, 0.4) is 0 Å². The third-order valence-electron chi connectivity index (χ3n) is 5.33. The first-order valence-corrected chi connectivity index (χ1v) is 10.2. The molecule has 5 aromatic carbocycles. The van der Waals surface area contributed by atoms with E-state index in [1.807, 2.05) is 42.5 Å². The fourth-order valence-electron chi connectivity index (χ4n) is 3.88. The summed E-state index contributed by atoms with van der Waals surface area (Å²) in [6.45, 7) is 0. The summed E-state index contributed by atoms with van der Waals surface area (Å²) in [5.74, 6) is 0. The van der Waals surface area contributed by atoms with Gasteiger partial charge in [-0.3, -0.25) is 4.98 Å². The van der Waals surface area contributed by atoms with E-state index < -0.39 is 0 Å².